The van der Waals surface area contributed by atoms with Gasteiger partial charge < -0.3 is 5.11 Å². The minimum atomic E-state index is 0.500. The molecule has 0 spiro atoms. The van der Waals surface area contributed by atoms with Gasteiger partial charge in [0.15, 0.2) is 0 Å². The van der Waals surface area contributed by atoms with E-state index in [1.807, 2.05) is 0 Å². The van der Waals surface area contributed by atoms with Crippen LogP contribution in [0.5, 0.6) is 0 Å². The van der Waals surface area contributed by atoms with Gasteiger partial charge in [0.25, 0.3) is 0 Å². The molecule has 0 aliphatic carbocycles. The van der Waals surface area contributed by atoms with E-state index >= 15 is 0 Å². The molecular formula is C15H11O2. The van der Waals surface area contributed by atoms with E-state index in [0.717, 1.165) is 0 Å². The van der Waals surface area contributed by atoms with Crippen LogP contribution in [0.25, 0.3) is 21.5 Å². The van der Waals surface area contributed by atoms with Gasteiger partial charge in [-0.25, -0.2) is 4.79 Å². The minimum absolute atomic E-state index is 0.500. The molecule has 3 rings (SSSR count). The van der Waals surface area contributed by atoms with Crippen LogP contribution in [0.2, 0.25) is 0 Å². The zero-order valence-electron chi connectivity index (χ0n) is 9.13. The third-order valence-corrected chi connectivity index (χ3v) is 2.61. The van der Waals surface area contributed by atoms with Gasteiger partial charge in [-0.15, -0.1) is 0 Å². The molecule has 0 saturated carbocycles. The van der Waals surface area contributed by atoms with Crippen molar-refractivity contribution in [1.29, 1.82) is 0 Å². The maximum absolute atomic E-state index is 8.24. The smallest absolute Gasteiger partial charge is 0.414 e. The zero-order valence-corrected chi connectivity index (χ0v) is 9.13. The molecule has 1 N–H and O–H groups in total. The van der Waals surface area contributed by atoms with Crippen LogP contribution < -0.4 is 0 Å². The first kappa shape index (κ1) is 11.1. The Labute approximate surface area is 99.1 Å². The van der Waals surface area contributed by atoms with Crippen molar-refractivity contribution in [2.45, 2.75) is 0 Å². The molecule has 0 aliphatic rings. The van der Waals surface area contributed by atoms with E-state index in [1.165, 1.54) is 21.5 Å². The molecule has 17 heavy (non-hydrogen) atoms. The lowest BCUT2D eigenvalue weighted by molar-refractivity contribution is 0.437. The lowest BCUT2D eigenvalue weighted by atomic mass is 10.0. The van der Waals surface area contributed by atoms with Gasteiger partial charge in [-0.3, -0.25) is 0 Å². The molecular weight excluding hydrogens is 212 g/mol. The summed E-state index contributed by atoms with van der Waals surface area (Å²) in [5.41, 5.74) is 0. The predicted octanol–water partition coefficient (Wildman–Crippen LogP) is 3.60. The Bertz CT molecular complexity index is 539. The first-order chi connectivity index (χ1) is 8.35. The van der Waals surface area contributed by atoms with Gasteiger partial charge in [0.05, 0.1) is 0 Å². The van der Waals surface area contributed by atoms with Crippen LogP contribution in [-0.2, 0) is 4.79 Å². The second kappa shape index (κ2) is 5.12. The molecule has 2 nitrogen and oxygen atoms in total. The summed E-state index contributed by atoms with van der Waals surface area (Å²) < 4.78 is 0. The van der Waals surface area contributed by atoms with Gasteiger partial charge >= 0.3 is 6.47 Å². The summed E-state index contributed by atoms with van der Waals surface area (Å²) in [7, 11) is 0. The van der Waals surface area contributed by atoms with E-state index in [4.69, 9.17) is 9.90 Å². The van der Waals surface area contributed by atoms with Crippen molar-refractivity contribution in [2.75, 3.05) is 0 Å². The average molecular weight is 223 g/mol. The first-order valence-electron chi connectivity index (χ1n) is 5.24. The Balaban J connectivity index is 0.000000329. The van der Waals surface area contributed by atoms with Crippen LogP contribution in [-0.4, -0.2) is 11.6 Å². The number of rotatable bonds is 0. The van der Waals surface area contributed by atoms with Crippen molar-refractivity contribution in [1.82, 2.24) is 0 Å². The fourth-order valence-electron chi connectivity index (χ4n) is 1.88. The van der Waals surface area contributed by atoms with Crippen molar-refractivity contribution in [3.8, 4) is 0 Å². The summed E-state index contributed by atoms with van der Waals surface area (Å²) in [6.45, 7) is 0.500. The number of fused-ring (bicyclic) bond motifs is 2. The topological polar surface area (TPSA) is 37.3 Å². The standard InChI is InChI=1S/C14H10.CHO2/c1-2-6-12-10-14-8-4-3-7-13(14)9-11(12)5-1;2-1-3/h1-10H;(H,2,3). The Kier molecular flexibility index (Phi) is 3.36. The van der Waals surface area contributed by atoms with Gasteiger partial charge in [-0.05, 0) is 33.7 Å². The molecule has 0 aliphatic heterocycles. The molecule has 0 aromatic heterocycles. The maximum atomic E-state index is 8.24. The monoisotopic (exact) mass is 223 g/mol. The maximum Gasteiger partial charge on any atom is 0.414 e. The van der Waals surface area contributed by atoms with E-state index in [1.54, 1.807) is 0 Å². The van der Waals surface area contributed by atoms with Crippen LogP contribution in [0.3, 0.4) is 0 Å². The summed E-state index contributed by atoms with van der Waals surface area (Å²) in [4.78, 5) is 8.24. The highest BCUT2D eigenvalue weighted by molar-refractivity contribution is 5.98. The largest absolute Gasteiger partial charge is 0.473 e. The second-order valence-electron chi connectivity index (χ2n) is 3.64. The van der Waals surface area contributed by atoms with Crippen LogP contribution in [0.15, 0.2) is 60.7 Å². The van der Waals surface area contributed by atoms with Crippen LogP contribution in [0, 0.1) is 0 Å². The summed E-state index contributed by atoms with van der Waals surface area (Å²) >= 11 is 0. The van der Waals surface area contributed by atoms with Gasteiger partial charge in [-0.2, -0.15) is 0 Å². The normalized spacial score (nSPS) is 9.65. The molecule has 0 amide bonds. The van der Waals surface area contributed by atoms with Crippen molar-refractivity contribution in [3.05, 3.63) is 60.7 Å². The van der Waals surface area contributed by atoms with Gasteiger partial charge in [0.2, 0.25) is 0 Å². The molecule has 0 heterocycles. The fourth-order valence-corrected chi connectivity index (χ4v) is 1.88. The van der Waals surface area contributed by atoms with Crippen LogP contribution in [0.1, 0.15) is 0 Å². The molecule has 0 saturated heterocycles. The number of hydrogen-bond acceptors (Lipinski definition) is 1. The van der Waals surface area contributed by atoms with Crippen molar-refractivity contribution in [2.24, 2.45) is 0 Å². The van der Waals surface area contributed by atoms with Crippen LogP contribution in [0.4, 0.5) is 0 Å². The third-order valence-electron chi connectivity index (χ3n) is 2.61. The second-order valence-corrected chi connectivity index (χ2v) is 3.64. The van der Waals surface area contributed by atoms with Gasteiger partial charge in [0.1, 0.15) is 0 Å². The molecule has 3 aromatic rings. The fraction of sp³-hybridized carbons (Fsp3) is 0. The highest BCUT2D eigenvalue weighted by Crippen LogP contribution is 2.21. The third kappa shape index (κ3) is 2.42. The molecule has 0 atom stereocenters. The molecule has 1 radical (unpaired) electrons. The highest BCUT2D eigenvalue weighted by Gasteiger charge is 1.95. The molecule has 0 bridgehead atoms. The highest BCUT2D eigenvalue weighted by atomic mass is 16.3. The first-order valence-corrected chi connectivity index (χ1v) is 5.24. The minimum Gasteiger partial charge on any atom is -0.473 e. The molecule has 3 aromatic carbocycles. The van der Waals surface area contributed by atoms with Crippen LogP contribution >= 0.6 is 0 Å². The SMILES string of the molecule is O=[C]O.c1ccc2cc3ccccc3cc2c1. The van der Waals surface area contributed by atoms with E-state index in [-0.39, 0.29) is 0 Å². The number of hydrogen-bond donors (Lipinski definition) is 1. The lowest BCUT2D eigenvalue weighted by Gasteiger charge is -2.00. The number of benzene rings is 3. The summed E-state index contributed by atoms with van der Waals surface area (Å²) in [5, 5.41) is 12.0. The molecule has 2 heteroatoms. The van der Waals surface area contributed by atoms with E-state index in [9.17, 15) is 0 Å². The Morgan fingerprint density at radius 3 is 1.18 bits per heavy atom. The number of aliphatic hydroxyl groups excluding tert-OH is 1. The Morgan fingerprint density at radius 2 is 0.941 bits per heavy atom. The summed E-state index contributed by atoms with van der Waals surface area (Å²) in [6.07, 6.45) is 0. The molecule has 83 valence electrons. The molecule has 0 fully saturated rings. The van der Waals surface area contributed by atoms with Crippen molar-refractivity contribution >= 4 is 28.0 Å². The Morgan fingerprint density at radius 1 is 0.706 bits per heavy atom. The van der Waals surface area contributed by atoms with Crippen molar-refractivity contribution < 1.29 is 9.90 Å². The quantitative estimate of drug-likeness (QED) is 0.591. The van der Waals surface area contributed by atoms with E-state index in [0.29, 0.717) is 6.47 Å². The van der Waals surface area contributed by atoms with E-state index < -0.39 is 0 Å². The summed E-state index contributed by atoms with van der Waals surface area (Å²) in [5.74, 6) is 0. The zero-order chi connectivity index (χ0) is 12.1. The van der Waals surface area contributed by atoms with Crippen molar-refractivity contribution in [3.63, 3.8) is 0 Å². The molecule has 0 unspecified atom stereocenters. The lowest BCUT2D eigenvalue weighted by Crippen LogP contribution is -1.74. The predicted molar refractivity (Wildman–Crippen MR) is 69.8 cm³/mol. The van der Waals surface area contributed by atoms with E-state index in [2.05, 4.69) is 60.7 Å². The average Bonchev–Trinajstić information content (AvgIpc) is 2.37. The Hall–Kier alpha value is -2.35. The summed E-state index contributed by atoms with van der Waals surface area (Å²) in [6, 6.07) is 21.4. The van der Waals surface area contributed by atoms with Gasteiger partial charge in [-0.1, -0.05) is 48.5 Å². The van der Waals surface area contributed by atoms with Gasteiger partial charge in [0, 0.05) is 0 Å².